The zero-order chi connectivity index (χ0) is 36.0. The van der Waals surface area contributed by atoms with Gasteiger partial charge in [0.05, 0.1) is 38.7 Å². The van der Waals surface area contributed by atoms with Gasteiger partial charge in [-0.1, -0.05) is 115 Å². The van der Waals surface area contributed by atoms with E-state index in [2.05, 4.69) is 173 Å². The maximum absolute atomic E-state index is 6.75. The molecule has 4 aromatic heterocycles. The quantitative estimate of drug-likeness (QED) is 0.183. The first-order valence-corrected chi connectivity index (χ1v) is 18.6. The number of fused-ring (bicyclic) bond motifs is 12. The average molecular weight is 703 g/mol. The van der Waals surface area contributed by atoms with Crippen LogP contribution in [0, 0.1) is 0 Å². The van der Waals surface area contributed by atoms with Crippen molar-refractivity contribution in [3.63, 3.8) is 0 Å². The van der Waals surface area contributed by atoms with Crippen LogP contribution in [0.15, 0.2) is 186 Å². The van der Waals surface area contributed by atoms with E-state index in [4.69, 9.17) is 14.4 Å². The highest BCUT2D eigenvalue weighted by molar-refractivity contribution is 6.31. The van der Waals surface area contributed by atoms with Crippen LogP contribution in [-0.4, -0.2) is 19.1 Å². The third-order valence-electron chi connectivity index (χ3n) is 11.1. The van der Waals surface area contributed by atoms with Crippen LogP contribution in [0.3, 0.4) is 0 Å². The molecule has 0 aliphatic heterocycles. The third kappa shape index (κ3) is 4.35. The molecule has 0 saturated carbocycles. The van der Waals surface area contributed by atoms with Crippen molar-refractivity contribution in [3.8, 4) is 34.0 Å². The van der Waals surface area contributed by atoms with Crippen molar-refractivity contribution in [1.29, 1.82) is 0 Å². The molecule has 55 heavy (non-hydrogen) atoms. The highest BCUT2D eigenvalue weighted by atomic mass is 16.3. The van der Waals surface area contributed by atoms with Crippen LogP contribution >= 0.6 is 0 Å². The first-order chi connectivity index (χ1) is 27.3. The highest BCUT2D eigenvalue weighted by Gasteiger charge is 2.24. The predicted octanol–water partition coefficient (Wildman–Crippen LogP) is 13.1. The van der Waals surface area contributed by atoms with Gasteiger partial charge in [0.1, 0.15) is 11.2 Å². The molecule has 0 aliphatic rings. The number of rotatable bonds is 4. The van der Waals surface area contributed by atoms with Gasteiger partial charge in [0.2, 0.25) is 0 Å². The van der Waals surface area contributed by atoms with Gasteiger partial charge in [-0.05, 0) is 66.7 Å². The van der Waals surface area contributed by atoms with Gasteiger partial charge >= 0.3 is 0 Å². The molecule has 5 nitrogen and oxygen atoms in total. The van der Waals surface area contributed by atoms with Crippen LogP contribution in [0.25, 0.3) is 110 Å². The number of furan rings is 1. The van der Waals surface area contributed by atoms with Crippen LogP contribution in [0.2, 0.25) is 0 Å². The van der Waals surface area contributed by atoms with Crippen molar-refractivity contribution in [1.82, 2.24) is 19.1 Å². The molecular weight excluding hydrogens is 673 g/mol. The summed E-state index contributed by atoms with van der Waals surface area (Å²) in [5, 5.41) is 7.88. The van der Waals surface area contributed by atoms with E-state index in [1.165, 1.54) is 10.8 Å². The summed E-state index contributed by atoms with van der Waals surface area (Å²) in [6.45, 7) is 0. The fraction of sp³-hybridized carbons (Fsp3) is 0. The van der Waals surface area contributed by atoms with Gasteiger partial charge in [-0.15, -0.1) is 0 Å². The molecule has 0 atom stereocenters. The lowest BCUT2D eigenvalue weighted by atomic mass is 10.1. The van der Waals surface area contributed by atoms with Crippen LogP contribution in [0.5, 0.6) is 0 Å². The molecule has 0 spiro atoms. The van der Waals surface area contributed by atoms with Crippen molar-refractivity contribution in [3.05, 3.63) is 182 Å². The Morgan fingerprint density at radius 1 is 0.400 bits per heavy atom. The largest absolute Gasteiger partial charge is 0.455 e. The lowest BCUT2D eigenvalue weighted by molar-refractivity contribution is 0.673. The summed E-state index contributed by atoms with van der Waals surface area (Å²) in [4.78, 5) is 10.4. The summed E-state index contributed by atoms with van der Waals surface area (Å²) in [5.41, 5.74) is 12.3. The molecule has 0 unspecified atom stereocenters. The van der Waals surface area contributed by atoms with E-state index < -0.39 is 0 Å². The number of nitrogens with zero attached hydrogens (tertiary/aromatic N) is 4. The second kappa shape index (κ2) is 11.5. The molecule has 256 valence electrons. The Bertz CT molecular complexity index is 3480. The minimum atomic E-state index is 0.686. The molecular formula is C50H30N4O. The lowest BCUT2D eigenvalue weighted by Gasteiger charge is -2.13. The molecule has 0 bridgehead atoms. The van der Waals surface area contributed by atoms with Gasteiger partial charge in [-0.2, -0.15) is 0 Å². The lowest BCUT2D eigenvalue weighted by Crippen LogP contribution is -1.98. The van der Waals surface area contributed by atoms with E-state index in [1.54, 1.807) is 0 Å². The van der Waals surface area contributed by atoms with Crippen molar-refractivity contribution in [2.45, 2.75) is 0 Å². The second-order valence-electron chi connectivity index (χ2n) is 14.1. The molecule has 8 aromatic carbocycles. The van der Waals surface area contributed by atoms with E-state index in [9.17, 15) is 0 Å². The minimum absolute atomic E-state index is 0.686. The van der Waals surface area contributed by atoms with E-state index in [1.807, 2.05) is 18.2 Å². The summed E-state index contributed by atoms with van der Waals surface area (Å²) in [6, 6.07) is 64.0. The number of hydrogen-bond acceptors (Lipinski definition) is 3. The SMILES string of the molecule is c1ccc(-c2nc(-c3cccc(-n4c5ccc6c7ccccc7oc6c5c5ccc6c(c7ccccc7n6-c6ccccc6)c54)c3)nc3ccccc23)cc1. The number of aromatic nitrogens is 4. The van der Waals surface area contributed by atoms with Crippen LogP contribution in [-0.2, 0) is 0 Å². The Kier molecular flexibility index (Phi) is 6.27. The second-order valence-corrected chi connectivity index (χ2v) is 14.1. The van der Waals surface area contributed by atoms with Gasteiger partial charge in [-0.3, -0.25) is 0 Å². The van der Waals surface area contributed by atoms with Crippen LogP contribution in [0.1, 0.15) is 0 Å². The maximum atomic E-state index is 6.75. The standard InChI is InChI=1S/C50H30N4O/c1-3-14-31(15-4-1)47-37-21-7-10-23-40(37)51-50(52-47)32-16-13-19-34(30-32)54-43-28-26-36-35-20-9-12-25-44(35)55-49(36)46(43)39-27-29-42-45(48(39)54)38-22-8-11-24-41(38)53(42)33-17-5-2-6-18-33/h1-30H. The van der Waals surface area contributed by atoms with Gasteiger partial charge in [-0.25, -0.2) is 9.97 Å². The molecule has 4 heterocycles. The van der Waals surface area contributed by atoms with Gasteiger partial charge in [0, 0.05) is 54.8 Å². The van der Waals surface area contributed by atoms with Gasteiger partial charge in [0.15, 0.2) is 5.82 Å². The fourth-order valence-electron chi connectivity index (χ4n) is 8.75. The molecule has 0 saturated heterocycles. The third-order valence-corrected chi connectivity index (χ3v) is 11.1. The summed E-state index contributed by atoms with van der Waals surface area (Å²) >= 11 is 0. The Balaban J connectivity index is 1.20. The van der Waals surface area contributed by atoms with Crippen molar-refractivity contribution >= 4 is 76.5 Å². The number of benzene rings is 8. The Morgan fingerprint density at radius 3 is 1.91 bits per heavy atom. The fourth-order valence-corrected chi connectivity index (χ4v) is 8.75. The van der Waals surface area contributed by atoms with E-state index in [0.29, 0.717) is 5.82 Å². The van der Waals surface area contributed by atoms with E-state index >= 15 is 0 Å². The first kappa shape index (κ1) is 30.0. The van der Waals surface area contributed by atoms with Gasteiger partial charge in [0.25, 0.3) is 0 Å². The zero-order valence-electron chi connectivity index (χ0n) is 29.5. The summed E-state index contributed by atoms with van der Waals surface area (Å²) in [6.07, 6.45) is 0. The molecule has 0 radical (unpaired) electrons. The molecule has 0 amide bonds. The van der Waals surface area contributed by atoms with Crippen molar-refractivity contribution in [2.24, 2.45) is 0 Å². The Morgan fingerprint density at radius 2 is 1.05 bits per heavy atom. The molecule has 5 heteroatoms. The average Bonchev–Trinajstić information content (AvgIpc) is 3.91. The smallest absolute Gasteiger partial charge is 0.160 e. The van der Waals surface area contributed by atoms with Crippen LogP contribution < -0.4 is 0 Å². The summed E-state index contributed by atoms with van der Waals surface area (Å²) in [7, 11) is 0. The number of hydrogen-bond donors (Lipinski definition) is 0. The zero-order valence-corrected chi connectivity index (χ0v) is 29.5. The van der Waals surface area contributed by atoms with E-state index in [0.717, 1.165) is 93.9 Å². The first-order valence-electron chi connectivity index (χ1n) is 18.6. The highest BCUT2D eigenvalue weighted by Crippen LogP contribution is 2.45. The normalized spacial score (nSPS) is 12.0. The van der Waals surface area contributed by atoms with E-state index in [-0.39, 0.29) is 0 Å². The Labute approximate surface area is 315 Å². The number of para-hydroxylation sites is 4. The molecule has 0 aliphatic carbocycles. The molecule has 12 aromatic rings. The molecule has 0 fully saturated rings. The monoisotopic (exact) mass is 702 g/mol. The topological polar surface area (TPSA) is 48.8 Å². The predicted molar refractivity (Wildman–Crippen MR) is 226 cm³/mol. The van der Waals surface area contributed by atoms with Crippen LogP contribution in [0.4, 0.5) is 0 Å². The minimum Gasteiger partial charge on any atom is -0.455 e. The maximum Gasteiger partial charge on any atom is 0.160 e. The Hall–Kier alpha value is -7.50. The van der Waals surface area contributed by atoms with Crippen molar-refractivity contribution < 1.29 is 4.42 Å². The van der Waals surface area contributed by atoms with Crippen molar-refractivity contribution in [2.75, 3.05) is 0 Å². The summed E-state index contributed by atoms with van der Waals surface area (Å²) < 4.78 is 11.6. The molecule has 12 rings (SSSR count). The van der Waals surface area contributed by atoms with Gasteiger partial charge < -0.3 is 13.6 Å². The summed E-state index contributed by atoms with van der Waals surface area (Å²) in [5.74, 6) is 0.686. The molecule has 0 N–H and O–H groups in total.